The second-order valence-corrected chi connectivity index (χ2v) is 10.1. The molecule has 0 saturated heterocycles. The molecule has 0 amide bonds. The van der Waals surface area contributed by atoms with Gasteiger partial charge in [0.2, 0.25) is 0 Å². The first kappa shape index (κ1) is 19.2. The lowest BCUT2D eigenvalue weighted by Crippen LogP contribution is -2.38. The highest BCUT2D eigenvalue weighted by Crippen LogP contribution is 2.36. The van der Waals surface area contributed by atoms with E-state index in [1.165, 1.54) is 96.9 Å². The summed E-state index contributed by atoms with van der Waals surface area (Å²) in [7, 11) is 0. The third-order valence-corrected chi connectivity index (χ3v) is 7.04. The molecule has 0 aliphatic heterocycles. The van der Waals surface area contributed by atoms with Gasteiger partial charge in [0.15, 0.2) is 0 Å². The van der Waals surface area contributed by atoms with Gasteiger partial charge >= 0.3 is 0 Å². The van der Waals surface area contributed by atoms with Gasteiger partial charge in [0.1, 0.15) is 0 Å². The van der Waals surface area contributed by atoms with Crippen LogP contribution in [0.1, 0.15) is 71.1 Å². The Bertz CT molecular complexity index is 402. The van der Waals surface area contributed by atoms with Crippen molar-refractivity contribution in [2.24, 2.45) is 29.6 Å². The predicted octanol–water partition coefficient (Wildman–Crippen LogP) is 4.62. The Morgan fingerprint density at radius 3 is 1.58 bits per heavy atom. The molecule has 26 heavy (non-hydrogen) atoms. The summed E-state index contributed by atoms with van der Waals surface area (Å²) >= 11 is 0. The highest BCUT2D eigenvalue weighted by molar-refractivity contribution is 4.85. The van der Waals surface area contributed by atoms with Crippen molar-refractivity contribution in [3.05, 3.63) is 0 Å². The first-order valence-electron chi connectivity index (χ1n) is 11.8. The van der Waals surface area contributed by atoms with Crippen molar-refractivity contribution < 1.29 is 4.74 Å². The Kier molecular flexibility index (Phi) is 6.93. The van der Waals surface area contributed by atoms with Crippen molar-refractivity contribution in [2.45, 2.75) is 71.1 Å². The smallest absolute Gasteiger partial charge is 0.0990 e. The fourth-order valence-electron chi connectivity index (χ4n) is 5.08. The number of hydrogen-bond acceptors (Lipinski definition) is 3. The van der Waals surface area contributed by atoms with E-state index in [-0.39, 0.29) is 0 Å². The van der Waals surface area contributed by atoms with Crippen molar-refractivity contribution >= 4 is 0 Å². The van der Waals surface area contributed by atoms with Crippen LogP contribution in [0.2, 0.25) is 0 Å². The van der Waals surface area contributed by atoms with Crippen molar-refractivity contribution in [3.8, 4) is 0 Å². The molecule has 4 aliphatic carbocycles. The Morgan fingerprint density at radius 1 is 0.615 bits per heavy atom. The van der Waals surface area contributed by atoms with Crippen molar-refractivity contribution in [2.75, 3.05) is 46.1 Å². The lowest BCUT2D eigenvalue weighted by molar-refractivity contribution is 0.0169. The minimum Gasteiger partial charge on any atom is -0.366 e. The molecule has 150 valence electrons. The molecule has 2 atom stereocenters. The Labute approximate surface area is 161 Å². The second-order valence-electron chi connectivity index (χ2n) is 10.1. The molecule has 2 unspecified atom stereocenters. The zero-order valence-corrected chi connectivity index (χ0v) is 17.2. The Hall–Kier alpha value is -0.120. The summed E-state index contributed by atoms with van der Waals surface area (Å²) in [5, 5.41) is 0. The molecule has 3 nitrogen and oxygen atoms in total. The van der Waals surface area contributed by atoms with E-state index in [2.05, 4.69) is 16.7 Å². The Morgan fingerprint density at radius 2 is 1.08 bits per heavy atom. The minimum atomic E-state index is 0.853. The molecular formula is C23H42N2O. The molecule has 0 aromatic carbocycles. The van der Waals surface area contributed by atoms with E-state index in [9.17, 15) is 0 Å². The van der Waals surface area contributed by atoms with Crippen LogP contribution in [-0.2, 0) is 4.74 Å². The van der Waals surface area contributed by atoms with Gasteiger partial charge in [-0.3, -0.25) is 4.90 Å². The van der Waals surface area contributed by atoms with Crippen LogP contribution >= 0.6 is 0 Å². The SMILES string of the molecule is CCOCN(CC1CC1)CC1CCCC(CN(CC2CC2)CC2CC2)C1. The summed E-state index contributed by atoms with van der Waals surface area (Å²) in [6.45, 7) is 10.6. The van der Waals surface area contributed by atoms with Crippen LogP contribution in [0.5, 0.6) is 0 Å². The van der Waals surface area contributed by atoms with Gasteiger partial charge in [0, 0.05) is 39.3 Å². The quantitative estimate of drug-likeness (QED) is 0.445. The van der Waals surface area contributed by atoms with E-state index in [0.717, 1.165) is 42.9 Å². The standard InChI is InChI=1S/C23H42N2O/c1-2-26-18-25(15-21-10-11-21)17-23-5-3-4-22(12-23)16-24(13-19-6-7-19)14-20-8-9-20/h19-23H,2-18H2,1H3. The maximum atomic E-state index is 5.78. The molecule has 0 aromatic rings. The van der Waals surface area contributed by atoms with Crippen LogP contribution in [0.15, 0.2) is 0 Å². The maximum Gasteiger partial charge on any atom is 0.0990 e. The first-order valence-corrected chi connectivity index (χ1v) is 11.8. The zero-order valence-electron chi connectivity index (χ0n) is 17.2. The van der Waals surface area contributed by atoms with Crippen LogP contribution in [0.3, 0.4) is 0 Å². The van der Waals surface area contributed by atoms with Crippen molar-refractivity contribution in [1.29, 1.82) is 0 Å². The van der Waals surface area contributed by atoms with E-state index in [1.54, 1.807) is 0 Å². The number of rotatable bonds is 13. The van der Waals surface area contributed by atoms with Gasteiger partial charge in [-0.25, -0.2) is 0 Å². The van der Waals surface area contributed by atoms with E-state index in [4.69, 9.17) is 4.74 Å². The summed E-state index contributed by atoms with van der Waals surface area (Å²) in [5.74, 6) is 4.95. The van der Waals surface area contributed by atoms with E-state index < -0.39 is 0 Å². The predicted molar refractivity (Wildman–Crippen MR) is 108 cm³/mol. The van der Waals surface area contributed by atoms with E-state index >= 15 is 0 Å². The summed E-state index contributed by atoms with van der Waals surface area (Å²) in [6, 6.07) is 0. The van der Waals surface area contributed by atoms with Gasteiger partial charge in [-0.05, 0) is 94.3 Å². The normalized spacial score (nSPS) is 29.7. The fourth-order valence-corrected chi connectivity index (χ4v) is 5.08. The molecule has 4 aliphatic rings. The third kappa shape index (κ3) is 6.80. The molecule has 4 rings (SSSR count). The summed E-state index contributed by atoms with van der Waals surface area (Å²) in [6.07, 6.45) is 14.8. The molecule has 3 heteroatoms. The number of ether oxygens (including phenoxy) is 1. The van der Waals surface area contributed by atoms with Gasteiger partial charge in [-0.1, -0.05) is 6.42 Å². The second kappa shape index (κ2) is 9.39. The molecule has 0 N–H and O–H groups in total. The average Bonchev–Trinajstić information content (AvgIpc) is 3.45. The van der Waals surface area contributed by atoms with Gasteiger partial charge in [0.25, 0.3) is 0 Å². The molecule has 0 aromatic heterocycles. The van der Waals surface area contributed by atoms with E-state index in [0.29, 0.717) is 0 Å². The largest absolute Gasteiger partial charge is 0.366 e. The molecule has 0 heterocycles. The minimum absolute atomic E-state index is 0.853. The molecule has 4 fully saturated rings. The molecule has 4 saturated carbocycles. The highest BCUT2D eigenvalue weighted by Gasteiger charge is 2.32. The molecule has 0 bridgehead atoms. The summed E-state index contributed by atoms with van der Waals surface area (Å²) < 4.78 is 5.78. The first-order chi connectivity index (χ1) is 12.8. The van der Waals surface area contributed by atoms with Gasteiger partial charge in [-0.2, -0.15) is 0 Å². The lowest BCUT2D eigenvalue weighted by Gasteiger charge is -2.36. The topological polar surface area (TPSA) is 15.7 Å². The summed E-state index contributed by atoms with van der Waals surface area (Å²) in [4.78, 5) is 5.52. The molecular weight excluding hydrogens is 320 g/mol. The zero-order chi connectivity index (χ0) is 17.8. The maximum absolute atomic E-state index is 5.78. The number of hydrogen-bond donors (Lipinski definition) is 0. The van der Waals surface area contributed by atoms with Crippen LogP contribution < -0.4 is 0 Å². The average molecular weight is 363 g/mol. The van der Waals surface area contributed by atoms with Gasteiger partial charge in [-0.15, -0.1) is 0 Å². The Balaban J connectivity index is 1.23. The van der Waals surface area contributed by atoms with Crippen LogP contribution in [0, 0.1) is 29.6 Å². The summed E-state index contributed by atoms with van der Waals surface area (Å²) in [5.41, 5.74) is 0. The van der Waals surface area contributed by atoms with Gasteiger partial charge in [0.05, 0.1) is 6.73 Å². The van der Waals surface area contributed by atoms with Gasteiger partial charge < -0.3 is 9.64 Å². The van der Waals surface area contributed by atoms with Crippen LogP contribution in [-0.4, -0.2) is 55.9 Å². The third-order valence-electron chi connectivity index (χ3n) is 7.04. The highest BCUT2D eigenvalue weighted by atomic mass is 16.5. The monoisotopic (exact) mass is 362 g/mol. The lowest BCUT2D eigenvalue weighted by atomic mass is 9.80. The van der Waals surface area contributed by atoms with Crippen LogP contribution in [0.25, 0.3) is 0 Å². The van der Waals surface area contributed by atoms with Crippen molar-refractivity contribution in [1.82, 2.24) is 9.80 Å². The molecule has 0 radical (unpaired) electrons. The van der Waals surface area contributed by atoms with E-state index in [1.807, 2.05) is 0 Å². The number of nitrogens with zero attached hydrogens (tertiary/aromatic N) is 2. The van der Waals surface area contributed by atoms with Crippen molar-refractivity contribution in [3.63, 3.8) is 0 Å². The fraction of sp³-hybridized carbons (Fsp3) is 1.00. The molecule has 0 spiro atoms. The van der Waals surface area contributed by atoms with Crippen LogP contribution in [0.4, 0.5) is 0 Å².